The van der Waals surface area contributed by atoms with E-state index in [1.54, 1.807) is 6.92 Å². The Labute approximate surface area is 48.1 Å². The maximum Gasteiger partial charge on any atom is 0.124 e. The molecule has 46 valence electrons. The molecular weight excluding hydrogens is 128 g/mol. The van der Waals surface area contributed by atoms with Gasteiger partial charge in [-0.15, -0.1) is 5.73 Å². The standard InChI is InChI=1S/C4H6O3S/c1-2-3-4-8(5,6)7/h2,4H,1H3,(H,5,6,7)/p-1. The van der Waals surface area contributed by atoms with Crippen LogP contribution in [0.5, 0.6) is 0 Å². The Kier molecular flexibility index (Phi) is 2.48. The fraction of sp³-hybridized carbons (Fsp3) is 0.250. The highest BCUT2D eigenvalue weighted by Gasteiger charge is 1.76. The molecule has 0 saturated heterocycles. The molecule has 0 aromatic carbocycles. The van der Waals surface area contributed by atoms with E-state index in [4.69, 9.17) is 0 Å². The Hall–Kier alpha value is -0.570. The number of rotatable bonds is 1. The van der Waals surface area contributed by atoms with Crippen molar-refractivity contribution in [1.29, 1.82) is 0 Å². The van der Waals surface area contributed by atoms with Crippen LogP contribution in [0.4, 0.5) is 0 Å². The Bertz CT molecular complexity index is 205. The van der Waals surface area contributed by atoms with E-state index in [-0.39, 0.29) is 0 Å². The van der Waals surface area contributed by atoms with E-state index < -0.39 is 10.1 Å². The largest absolute Gasteiger partial charge is 0.744 e. The van der Waals surface area contributed by atoms with Crippen LogP contribution in [0.3, 0.4) is 0 Å². The molecule has 0 unspecified atom stereocenters. The van der Waals surface area contributed by atoms with Gasteiger partial charge in [0, 0.05) is 0 Å². The first-order chi connectivity index (χ1) is 3.56. The van der Waals surface area contributed by atoms with Gasteiger partial charge in [-0.3, -0.25) is 0 Å². The van der Waals surface area contributed by atoms with Gasteiger partial charge < -0.3 is 4.55 Å². The summed E-state index contributed by atoms with van der Waals surface area (Å²) in [6.07, 6.45) is 1.34. The second-order valence-electron chi connectivity index (χ2n) is 1.07. The molecule has 0 aromatic rings. The average Bonchev–Trinajstić information content (AvgIpc) is 1.59. The lowest BCUT2D eigenvalue weighted by Gasteiger charge is -1.92. The highest BCUT2D eigenvalue weighted by atomic mass is 32.2. The van der Waals surface area contributed by atoms with Gasteiger partial charge in [0.15, 0.2) is 0 Å². The van der Waals surface area contributed by atoms with E-state index in [0.717, 1.165) is 0 Å². The maximum atomic E-state index is 9.70. The predicted molar refractivity (Wildman–Crippen MR) is 28.0 cm³/mol. The van der Waals surface area contributed by atoms with E-state index >= 15 is 0 Å². The van der Waals surface area contributed by atoms with Gasteiger partial charge in [-0.25, -0.2) is 8.42 Å². The molecular formula is C4H5O3S-. The number of allylic oxidation sites excluding steroid dienone is 1. The van der Waals surface area contributed by atoms with Crippen molar-refractivity contribution in [3.8, 4) is 0 Å². The molecule has 0 heterocycles. The van der Waals surface area contributed by atoms with Crippen LogP contribution in [-0.4, -0.2) is 13.0 Å². The molecule has 0 saturated carbocycles. The van der Waals surface area contributed by atoms with Gasteiger partial charge >= 0.3 is 0 Å². The van der Waals surface area contributed by atoms with E-state index in [1.165, 1.54) is 6.08 Å². The highest BCUT2D eigenvalue weighted by Crippen LogP contribution is 1.79. The van der Waals surface area contributed by atoms with Crippen LogP contribution in [-0.2, 0) is 10.1 Å². The van der Waals surface area contributed by atoms with Crippen molar-refractivity contribution in [2.24, 2.45) is 0 Å². The zero-order valence-corrected chi connectivity index (χ0v) is 5.10. The van der Waals surface area contributed by atoms with E-state index in [0.29, 0.717) is 5.41 Å². The third-order valence-electron chi connectivity index (χ3n) is 0.379. The van der Waals surface area contributed by atoms with E-state index in [9.17, 15) is 13.0 Å². The van der Waals surface area contributed by atoms with Crippen molar-refractivity contribution in [3.05, 3.63) is 17.2 Å². The quantitative estimate of drug-likeness (QED) is 0.379. The summed E-state index contributed by atoms with van der Waals surface area (Å²) in [7, 11) is -4.20. The Morgan fingerprint density at radius 2 is 2.12 bits per heavy atom. The third-order valence-corrected chi connectivity index (χ3v) is 0.804. The highest BCUT2D eigenvalue weighted by molar-refractivity contribution is 7.88. The van der Waals surface area contributed by atoms with Crippen molar-refractivity contribution in [2.45, 2.75) is 6.92 Å². The molecule has 0 spiro atoms. The fourth-order valence-corrected chi connectivity index (χ4v) is 0.454. The van der Waals surface area contributed by atoms with E-state index in [2.05, 4.69) is 5.73 Å². The van der Waals surface area contributed by atoms with Gasteiger partial charge in [-0.2, -0.15) is 0 Å². The van der Waals surface area contributed by atoms with E-state index in [1.807, 2.05) is 0 Å². The first-order valence-electron chi connectivity index (χ1n) is 1.89. The Morgan fingerprint density at radius 3 is 2.25 bits per heavy atom. The zero-order chi connectivity index (χ0) is 6.62. The molecule has 8 heavy (non-hydrogen) atoms. The smallest absolute Gasteiger partial charge is 0.124 e. The van der Waals surface area contributed by atoms with Crippen LogP contribution in [0, 0.1) is 0 Å². The maximum absolute atomic E-state index is 9.70. The molecule has 0 bridgehead atoms. The van der Waals surface area contributed by atoms with Crippen LogP contribution in [0.1, 0.15) is 6.92 Å². The first-order valence-corrected chi connectivity index (χ1v) is 3.36. The van der Waals surface area contributed by atoms with Gasteiger partial charge in [0.25, 0.3) is 0 Å². The summed E-state index contributed by atoms with van der Waals surface area (Å²) in [5.41, 5.74) is 2.14. The summed E-state index contributed by atoms with van der Waals surface area (Å²) >= 11 is 0. The Balaban J connectivity index is 4.37. The second-order valence-corrected chi connectivity index (χ2v) is 2.29. The minimum absolute atomic E-state index is 0.479. The average molecular weight is 133 g/mol. The fourth-order valence-electron chi connectivity index (χ4n) is 0.151. The zero-order valence-electron chi connectivity index (χ0n) is 4.29. The van der Waals surface area contributed by atoms with Gasteiger partial charge in [0.1, 0.15) is 10.1 Å². The van der Waals surface area contributed by atoms with Crippen LogP contribution >= 0.6 is 0 Å². The lowest BCUT2D eigenvalue weighted by molar-refractivity contribution is 0.474. The van der Waals surface area contributed by atoms with Crippen LogP contribution in [0.15, 0.2) is 17.2 Å². The van der Waals surface area contributed by atoms with Crippen molar-refractivity contribution >= 4 is 10.1 Å². The minimum atomic E-state index is -4.20. The molecule has 0 N–H and O–H groups in total. The third kappa shape index (κ3) is 5.43. The van der Waals surface area contributed by atoms with Crippen molar-refractivity contribution in [3.63, 3.8) is 0 Å². The topological polar surface area (TPSA) is 57.2 Å². The van der Waals surface area contributed by atoms with Crippen LogP contribution in [0.2, 0.25) is 0 Å². The first kappa shape index (κ1) is 7.43. The molecule has 0 aliphatic heterocycles. The van der Waals surface area contributed by atoms with Crippen molar-refractivity contribution in [1.82, 2.24) is 0 Å². The summed E-state index contributed by atoms with van der Waals surface area (Å²) in [6, 6.07) is 0. The molecule has 0 rings (SSSR count). The molecule has 0 aliphatic carbocycles. The monoisotopic (exact) mass is 133 g/mol. The normalized spacial score (nSPS) is 9.75. The lowest BCUT2D eigenvalue weighted by Crippen LogP contribution is -1.87. The number of hydrogen-bond acceptors (Lipinski definition) is 3. The summed E-state index contributed by atoms with van der Waals surface area (Å²) in [5.74, 6) is 0. The molecule has 4 heteroatoms. The summed E-state index contributed by atoms with van der Waals surface area (Å²) < 4.78 is 29.1. The molecule has 0 atom stereocenters. The summed E-state index contributed by atoms with van der Waals surface area (Å²) in [4.78, 5) is 0. The number of hydrogen-bond donors (Lipinski definition) is 0. The Morgan fingerprint density at radius 1 is 1.62 bits per heavy atom. The van der Waals surface area contributed by atoms with Crippen molar-refractivity contribution in [2.75, 3.05) is 0 Å². The molecule has 0 radical (unpaired) electrons. The molecule has 0 aliphatic rings. The van der Waals surface area contributed by atoms with Gasteiger partial charge in [-0.05, 0) is 13.0 Å². The van der Waals surface area contributed by atoms with Gasteiger partial charge in [0.2, 0.25) is 0 Å². The lowest BCUT2D eigenvalue weighted by atomic mass is 10.7. The SMILES string of the molecule is CC=C=CS(=O)(=O)[O-]. The molecule has 0 amide bonds. The predicted octanol–water partition coefficient (Wildman–Crippen LogP) is 0.220. The molecule has 0 fully saturated rings. The van der Waals surface area contributed by atoms with Gasteiger partial charge in [-0.1, -0.05) is 0 Å². The summed E-state index contributed by atoms with van der Waals surface area (Å²) in [5, 5.41) is 0.479. The molecule has 0 aromatic heterocycles. The van der Waals surface area contributed by atoms with Crippen LogP contribution < -0.4 is 0 Å². The second kappa shape index (κ2) is 2.67. The molecule has 3 nitrogen and oxygen atoms in total. The summed E-state index contributed by atoms with van der Waals surface area (Å²) in [6.45, 7) is 1.57. The van der Waals surface area contributed by atoms with Gasteiger partial charge in [0.05, 0.1) is 5.41 Å². The van der Waals surface area contributed by atoms with Crippen molar-refractivity contribution < 1.29 is 13.0 Å². The van der Waals surface area contributed by atoms with Crippen LogP contribution in [0.25, 0.3) is 0 Å². The minimum Gasteiger partial charge on any atom is -0.744 e.